The monoisotopic (exact) mass is 300 g/mol. The van der Waals surface area contributed by atoms with Crippen molar-refractivity contribution in [1.29, 1.82) is 0 Å². The Morgan fingerprint density at radius 2 is 1.45 bits per heavy atom. The molecule has 1 heteroatoms. The summed E-state index contributed by atoms with van der Waals surface area (Å²) in [6, 6.07) is 4.10. The van der Waals surface area contributed by atoms with Gasteiger partial charge in [0.15, 0.2) is 0 Å². The van der Waals surface area contributed by atoms with E-state index in [1.54, 1.807) is 0 Å². The van der Waals surface area contributed by atoms with Crippen molar-refractivity contribution >= 4 is 0 Å². The van der Waals surface area contributed by atoms with Gasteiger partial charge in [-0.1, -0.05) is 73.7 Å². The molecule has 1 unspecified atom stereocenters. The predicted molar refractivity (Wildman–Crippen MR) is 96.5 cm³/mol. The van der Waals surface area contributed by atoms with E-state index in [-0.39, 0.29) is 10.8 Å². The van der Waals surface area contributed by atoms with E-state index in [1.807, 2.05) is 0 Å². The standard InChI is InChI=1S/C21H32O/c1-9-10-15(2)11-12-16-13-17(20(3,4)5)19(22)18(14-16)21(6,7)8/h13-15,22H,9-10H2,1-8H3. The highest BCUT2D eigenvalue weighted by Crippen LogP contribution is 2.39. The van der Waals surface area contributed by atoms with Crippen LogP contribution in [0, 0.1) is 17.8 Å². The highest BCUT2D eigenvalue weighted by atomic mass is 16.3. The maximum absolute atomic E-state index is 10.7. The third-order valence-electron chi connectivity index (χ3n) is 3.91. The van der Waals surface area contributed by atoms with Crippen LogP contribution in [0.5, 0.6) is 5.75 Å². The average Bonchev–Trinajstić information content (AvgIpc) is 2.35. The summed E-state index contributed by atoms with van der Waals surface area (Å²) in [5.74, 6) is 7.50. The minimum Gasteiger partial charge on any atom is -0.507 e. The van der Waals surface area contributed by atoms with Gasteiger partial charge in [0.2, 0.25) is 0 Å². The fourth-order valence-electron chi connectivity index (χ4n) is 2.56. The van der Waals surface area contributed by atoms with Crippen molar-refractivity contribution in [2.75, 3.05) is 0 Å². The van der Waals surface area contributed by atoms with Crippen LogP contribution in [-0.2, 0) is 10.8 Å². The van der Waals surface area contributed by atoms with Gasteiger partial charge in [0.25, 0.3) is 0 Å². The van der Waals surface area contributed by atoms with E-state index in [0.29, 0.717) is 11.7 Å². The number of phenolic OH excluding ortho intramolecular Hbond substituents is 1. The Balaban J connectivity index is 3.42. The van der Waals surface area contributed by atoms with Gasteiger partial charge in [-0.2, -0.15) is 0 Å². The van der Waals surface area contributed by atoms with Crippen molar-refractivity contribution in [3.8, 4) is 17.6 Å². The Kier molecular flexibility index (Phi) is 5.74. The van der Waals surface area contributed by atoms with Gasteiger partial charge >= 0.3 is 0 Å². The first-order valence-electron chi connectivity index (χ1n) is 8.36. The van der Waals surface area contributed by atoms with Gasteiger partial charge in [0, 0.05) is 22.6 Å². The van der Waals surface area contributed by atoms with Gasteiger partial charge in [-0.15, -0.1) is 0 Å². The van der Waals surface area contributed by atoms with Crippen LogP contribution in [0.25, 0.3) is 0 Å². The lowest BCUT2D eigenvalue weighted by atomic mass is 9.78. The highest BCUT2D eigenvalue weighted by Gasteiger charge is 2.26. The van der Waals surface area contributed by atoms with Gasteiger partial charge in [0.05, 0.1) is 0 Å². The topological polar surface area (TPSA) is 20.2 Å². The molecule has 1 nitrogen and oxygen atoms in total. The molecule has 0 spiro atoms. The fourth-order valence-corrected chi connectivity index (χ4v) is 2.56. The number of hydrogen-bond acceptors (Lipinski definition) is 1. The maximum atomic E-state index is 10.7. The zero-order chi connectivity index (χ0) is 17.1. The van der Waals surface area contributed by atoms with Crippen LogP contribution in [0.4, 0.5) is 0 Å². The van der Waals surface area contributed by atoms with Crippen LogP contribution in [-0.4, -0.2) is 5.11 Å². The molecule has 0 fully saturated rings. The van der Waals surface area contributed by atoms with Crippen LogP contribution >= 0.6 is 0 Å². The normalized spacial score (nSPS) is 13.5. The van der Waals surface area contributed by atoms with Crippen LogP contribution in [0.3, 0.4) is 0 Å². The zero-order valence-corrected chi connectivity index (χ0v) is 15.6. The molecule has 0 bridgehead atoms. The van der Waals surface area contributed by atoms with Crippen molar-refractivity contribution in [1.82, 2.24) is 0 Å². The van der Waals surface area contributed by atoms with Gasteiger partial charge < -0.3 is 5.11 Å². The molecular formula is C21H32O. The zero-order valence-electron chi connectivity index (χ0n) is 15.6. The average molecular weight is 300 g/mol. The van der Waals surface area contributed by atoms with E-state index < -0.39 is 0 Å². The Morgan fingerprint density at radius 1 is 1.00 bits per heavy atom. The summed E-state index contributed by atoms with van der Waals surface area (Å²) in [7, 11) is 0. The quantitative estimate of drug-likeness (QED) is 0.687. The van der Waals surface area contributed by atoms with Crippen molar-refractivity contribution < 1.29 is 5.11 Å². The number of aromatic hydroxyl groups is 1. The van der Waals surface area contributed by atoms with E-state index in [2.05, 4.69) is 79.4 Å². The summed E-state index contributed by atoms with van der Waals surface area (Å²) < 4.78 is 0. The molecule has 1 rings (SSSR count). The summed E-state index contributed by atoms with van der Waals surface area (Å²) in [6.07, 6.45) is 2.29. The molecule has 0 aliphatic rings. The van der Waals surface area contributed by atoms with Crippen LogP contribution in [0.2, 0.25) is 0 Å². The smallest absolute Gasteiger partial charge is 0.123 e. The molecule has 0 aromatic heterocycles. The minimum atomic E-state index is -0.100. The molecule has 0 aliphatic carbocycles. The summed E-state index contributed by atoms with van der Waals surface area (Å²) in [5, 5.41) is 10.7. The third-order valence-corrected chi connectivity index (χ3v) is 3.91. The predicted octanol–water partition coefficient (Wildman–Crippen LogP) is 5.77. The maximum Gasteiger partial charge on any atom is 0.123 e. The molecule has 0 amide bonds. The number of hydrogen-bond donors (Lipinski definition) is 1. The van der Waals surface area contributed by atoms with E-state index in [1.165, 1.54) is 0 Å². The summed E-state index contributed by atoms with van der Waals surface area (Å²) >= 11 is 0. The fraction of sp³-hybridized carbons (Fsp3) is 0.619. The lowest BCUT2D eigenvalue weighted by Crippen LogP contribution is -2.17. The molecule has 1 aromatic rings. The molecule has 0 saturated heterocycles. The first-order chi connectivity index (χ1) is 9.96. The lowest BCUT2D eigenvalue weighted by Gasteiger charge is -2.27. The molecule has 1 aromatic carbocycles. The SMILES string of the molecule is CCCC(C)C#Cc1cc(C(C)(C)C)c(O)c(C(C)(C)C)c1. The molecule has 0 radical (unpaired) electrons. The highest BCUT2D eigenvalue weighted by molar-refractivity contribution is 5.53. The third kappa shape index (κ3) is 4.80. The van der Waals surface area contributed by atoms with E-state index in [0.717, 1.165) is 29.5 Å². The number of phenols is 1. The Bertz CT molecular complexity index is 536. The number of benzene rings is 1. The minimum absolute atomic E-state index is 0.100. The van der Waals surface area contributed by atoms with E-state index in [4.69, 9.17) is 0 Å². The molecule has 0 saturated carbocycles. The summed E-state index contributed by atoms with van der Waals surface area (Å²) in [5.41, 5.74) is 2.77. The first-order valence-corrected chi connectivity index (χ1v) is 8.36. The summed E-state index contributed by atoms with van der Waals surface area (Å²) in [4.78, 5) is 0. The van der Waals surface area contributed by atoms with Gasteiger partial charge in [-0.05, 0) is 29.4 Å². The second-order valence-corrected chi connectivity index (χ2v) is 8.38. The van der Waals surface area contributed by atoms with E-state index >= 15 is 0 Å². The van der Waals surface area contributed by atoms with Crippen molar-refractivity contribution in [2.24, 2.45) is 5.92 Å². The Hall–Kier alpha value is -1.42. The Labute approximate surface area is 137 Å². The van der Waals surface area contributed by atoms with E-state index in [9.17, 15) is 5.11 Å². The molecule has 1 N–H and O–H groups in total. The lowest BCUT2D eigenvalue weighted by molar-refractivity contribution is 0.423. The molecule has 0 aliphatic heterocycles. The van der Waals surface area contributed by atoms with Gasteiger partial charge in [-0.25, -0.2) is 0 Å². The number of rotatable bonds is 2. The van der Waals surface area contributed by atoms with Gasteiger partial charge in [-0.3, -0.25) is 0 Å². The van der Waals surface area contributed by atoms with Gasteiger partial charge in [0.1, 0.15) is 5.75 Å². The molecule has 122 valence electrons. The van der Waals surface area contributed by atoms with Crippen molar-refractivity contribution in [3.63, 3.8) is 0 Å². The molecule has 0 heterocycles. The summed E-state index contributed by atoms with van der Waals surface area (Å²) in [6.45, 7) is 17.1. The van der Waals surface area contributed by atoms with Crippen LogP contribution < -0.4 is 0 Å². The van der Waals surface area contributed by atoms with Crippen LogP contribution in [0.1, 0.15) is 84.9 Å². The second-order valence-electron chi connectivity index (χ2n) is 8.38. The largest absolute Gasteiger partial charge is 0.507 e. The Morgan fingerprint density at radius 3 is 1.82 bits per heavy atom. The molecule has 22 heavy (non-hydrogen) atoms. The van der Waals surface area contributed by atoms with Crippen LogP contribution in [0.15, 0.2) is 12.1 Å². The first kappa shape index (κ1) is 18.6. The second kappa shape index (κ2) is 6.78. The van der Waals surface area contributed by atoms with Crippen molar-refractivity contribution in [3.05, 3.63) is 28.8 Å². The molecule has 1 atom stereocenters. The van der Waals surface area contributed by atoms with Crippen molar-refractivity contribution in [2.45, 2.75) is 79.1 Å². The molecular weight excluding hydrogens is 268 g/mol.